The van der Waals surface area contributed by atoms with Crippen LogP contribution in [0.15, 0.2) is 24.3 Å². The molecule has 1 rings (SSSR count). The monoisotopic (exact) mass is 267 g/mol. The molecule has 0 spiro atoms. The molecule has 4 nitrogen and oxygen atoms in total. The molecule has 1 N–H and O–H groups in total. The normalized spacial score (nSPS) is 14.1. The molecule has 1 aromatic rings. The summed E-state index contributed by atoms with van der Waals surface area (Å²) in [6.45, 7) is 6.00. The Morgan fingerprint density at radius 3 is 2.63 bits per heavy atom. The minimum atomic E-state index is 0.168. The highest BCUT2D eigenvalue weighted by molar-refractivity contribution is 5.46. The van der Waals surface area contributed by atoms with Crippen LogP contribution in [0.4, 0.5) is 5.69 Å². The van der Waals surface area contributed by atoms with Crippen molar-refractivity contribution in [2.75, 3.05) is 32.8 Å². The zero-order chi connectivity index (χ0) is 14.1. The Bertz CT molecular complexity index is 357. The van der Waals surface area contributed by atoms with Crippen LogP contribution in [0.5, 0.6) is 0 Å². The predicted molar refractivity (Wildman–Crippen MR) is 77.5 cm³/mol. The number of rotatable bonds is 9. The third-order valence-corrected chi connectivity index (χ3v) is 3.10. The average Bonchev–Trinajstić information content (AvgIpc) is 2.43. The van der Waals surface area contributed by atoms with Gasteiger partial charge in [-0.3, -0.25) is 0 Å². The van der Waals surface area contributed by atoms with E-state index in [-0.39, 0.29) is 12.1 Å². The van der Waals surface area contributed by atoms with Gasteiger partial charge in [0.2, 0.25) is 0 Å². The molecule has 0 aliphatic rings. The van der Waals surface area contributed by atoms with E-state index in [0.29, 0.717) is 19.8 Å². The van der Waals surface area contributed by atoms with Gasteiger partial charge in [-0.25, -0.2) is 0 Å². The molecule has 108 valence electrons. The molecule has 0 radical (unpaired) electrons. The number of anilines is 1. The minimum absolute atomic E-state index is 0.168. The molecule has 0 saturated carbocycles. The van der Waals surface area contributed by atoms with Crippen molar-refractivity contribution in [3.63, 3.8) is 0 Å². The molecule has 0 amide bonds. The lowest BCUT2D eigenvalue weighted by molar-refractivity contribution is 0.0617. The molecule has 0 aliphatic carbocycles. The van der Waals surface area contributed by atoms with Gasteiger partial charge in [-0.15, -0.1) is 0 Å². The van der Waals surface area contributed by atoms with Crippen LogP contribution in [0.25, 0.3) is 0 Å². The summed E-state index contributed by atoms with van der Waals surface area (Å²) in [5.41, 5.74) is 2.24. The first-order valence-corrected chi connectivity index (χ1v) is 6.62. The van der Waals surface area contributed by atoms with Gasteiger partial charge in [-0.1, -0.05) is 12.1 Å². The topological polar surface area (TPSA) is 39.7 Å². The van der Waals surface area contributed by atoms with Crippen molar-refractivity contribution in [3.05, 3.63) is 29.8 Å². The number of nitrogens with one attached hydrogen (secondary N) is 1. The zero-order valence-corrected chi connectivity index (χ0v) is 12.3. The van der Waals surface area contributed by atoms with Gasteiger partial charge in [-0.05, 0) is 31.5 Å². The Labute approximate surface area is 116 Å². The molecule has 2 atom stereocenters. The van der Waals surface area contributed by atoms with Crippen LogP contribution in [0, 0.1) is 0 Å². The van der Waals surface area contributed by atoms with E-state index in [2.05, 4.69) is 37.4 Å². The van der Waals surface area contributed by atoms with Gasteiger partial charge in [0.1, 0.15) is 0 Å². The van der Waals surface area contributed by atoms with Crippen molar-refractivity contribution in [1.29, 1.82) is 0 Å². The first-order chi connectivity index (χ1) is 9.17. The molecule has 0 heterocycles. The summed E-state index contributed by atoms with van der Waals surface area (Å²) in [6, 6.07) is 8.50. The second-order valence-electron chi connectivity index (χ2n) is 4.62. The van der Waals surface area contributed by atoms with E-state index in [9.17, 15) is 0 Å². The Hall–Kier alpha value is -1.10. The summed E-state index contributed by atoms with van der Waals surface area (Å²) < 4.78 is 15.8. The van der Waals surface area contributed by atoms with Crippen molar-refractivity contribution < 1.29 is 14.2 Å². The summed E-state index contributed by atoms with van der Waals surface area (Å²) in [7, 11) is 3.40. The van der Waals surface area contributed by atoms with Crippen molar-refractivity contribution in [3.8, 4) is 0 Å². The zero-order valence-electron chi connectivity index (χ0n) is 12.3. The van der Waals surface area contributed by atoms with Crippen LogP contribution in [0.3, 0.4) is 0 Å². The minimum Gasteiger partial charge on any atom is -0.382 e. The van der Waals surface area contributed by atoms with Gasteiger partial charge >= 0.3 is 0 Å². The first kappa shape index (κ1) is 16.0. The number of hydrogen-bond donors (Lipinski definition) is 1. The lowest BCUT2D eigenvalue weighted by atomic mass is 10.1. The van der Waals surface area contributed by atoms with Crippen molar-refractivity contribution >= 4 is 5.69 Å². The molecule has 0 aromatic heterocycles. The maximum atomic E-state index is 5.51. The molecule has 0 fully saturated rings. The summed E-state index contributed by atoms with van der Waals surface area (Å²) in [5, 5.41) is 3.43. The van der Waals surface area contributed by atoms with E-state index in [1.807, 2.05) is 6.07 Å². The van der Waals surface area contributed by atoms with Gasteiger partial charge in [0.15, 0.2) is 0 Å². The highest BCUT2D eigenvalue weighted by Crippen LogP contribution is 2.14. The fourth-order valence-corrected chi connectivity index (χ4v) is 1.67. The summed E-state index contributed by atoms with van der Waals surface area (Å²) >= 11 is 0. The predicted octanol–water partition coefficient (Wildman–Crippen LogP) is 2.68. The van der Waals surface area contributed by atoms with Gasteiger partial charge in [0.05, 0.1) is 25.9 Å². The smallest absolute Gasteiger partial charge is 0.0741 e. The fourth-order valence-electron chi connectivity index (χ4n) is 1.67. The van der Waals surface area contributed by atoms with Gasteiger partial charge in [0.25, 0.3) is 0 Å². The van der Waals surface area contributed by atoms with Crippen LogP contribution in [0.2, 0.25) is 0 Å². The molecule has 1 aromatic carbocycles. The van der Waals surface area contributed by atoms with E-state index >= 15 is 0 Å². The number of ether oxygens (including phenoxy) is 3. The van der Waals surface area contributed by atoms with E-state index < -0.39 is 0 Å². The third kappa shape index (κ3) is 6.05. The van der Waals surface area contributed by atoms with Crippen molar-refractivity contribution in [2.24, 2.45) is 0 Å². The maximum absolute atomic E-state index is 5.51. The maximum Gasteiger partial charge on any atom is 0.0741 e. The lowest BCUT2D eigenvalue weighted by Gasteiger charge is -2.21. The highest BCUT2D eigenvalue weighted by Gasteiger charge is 2.10. The van der Waals surface area contributed by atoms with E-state index in [0.717, 1.165) is 11.3 Å². The quantitative estimate of drug-likeness (QED) is 0.698. The summed E-state index contributed by atoms with van der Waals surface area (Å²) in [4.78, 5) is 0. The Morgan fingerprint density at radius 1 is 1.16 bits per heavy atom. The Balaban J connectivity index is 2.47. The standard InChI is InChI=1S/C15H25NO3/c1-12(13(2)18-4)16-15-7-5-6-14(10-15)11-19-9-8-17-3/h5-7,10,12-13,16H,8-9,11H2,1-4H3. The van der Waals surface area contributed by atoms with Crippen LogP contribution in [0.1, 0.15) is 19.4 Å². The van der Waals surface area contributed by atoms with Crippen LogP contribution >= 0.6 is 0 Å². The van der Waals surface area contributed by atoms with E-state index in [1.54, 1.807) is 14.2 Å². The second kappa shape index (κ2) is 8.91. The number of hydrogen-bond acceptors (Lipinski definition) is 4. The largest absolute Gasteiger partial charge is 0.382 e. The lowest BCUT2D eigenvalue weighted by Crippen LogP contribution is -2.29. The van der Waals surface area contributed by atoms with E-state index in [4.69, 9.17) is 14.2 Å². The van der Waals surface area contributed by atoms with Crippen LogP contribution < -0.4 is 5.32 Å². The van der Waals surface area contributed by atoms with Crippen LogP contribution in [-0.4, -0.2) is 39.6 Å². The SMILES string of the molecule is COCCOCc1cccc(NC(C)C(C)OC)c1. The second-order valence-corrected chi connectivity index (χ2v) is 4.62. The number of benzene rings is 1. The molecule has 0 aliphatic heterocycles. The average molecular weight is 267 g/mol. The fraction of sp³-hybridized carbons (Fsp3) is 0.600. The van der Waals surface area contributed by atoms with Crippen molar-refractivity contribution in [2.45, 2.75) is 32.6 Å². The molecular weight excluding hydrogens is 242 g/mol. The van der Waals surface area contributed by atoms with Gasteiger partial charge in [-0.2, -0.15) is 0 Å². The van der Waals surface area contributed by atoms with Gasteiger partial charge < -0.3 is 19.5 Å². The van der Waals surface area contributed by atoms with Gasteiger partial charge in [0, 0.05) is 25.9 Å². The summed E-state index contributed by atoms with van der Waals surface area (Å²) in [6.07, 6.45) is 0.168. The Kier molecular flexibility index (Phi) is 7.48. The number of methoxy groups -OCH3 is 2. The highest BCUT2D eigenvalue weighted by atomic mass is 16.5. The molecule has 2 unspecified atom stereocenters. The van der Waals surface area contributed by atoms with Crippen molar-refractivity contribution in [1.82, 2.24) is 0 Å². The Morgan fingerprint density at radius 2 is 1.95 bits per heavy atom. The third-order valence-electron chi connectivity index (χ3n) is 3.10. The first-order valence-electron chi connectivity index (χ1n) is 6.62. The molecular formula is C15H25NO3. The molecule has 0 saturated heterocycles. The molecule has 0 bridgehead atoms. The van der Waals surface area contributed by atoms with E-state index in [1.165, 1.54) is 0 Å². The summed E-state index contributed by atoms with van der Waals surface area (Å²) in [5.74, 6) is 0. The molecule has 19 heavy (non-hydrogen) atoms. The molecule has 4 heteroatoms. The van der Waals surface area contributed by atoms with Crippen LogP contribution in [-0.2, 0) is 20.8 Å².